The van der Waals surface area contributed by atoms with Crippen molar-refractivity contribution >= 4 is 0 Å². The van der Waals surface area contributed by atoms with Crippen LogP contribution in [0.1, 0.15) is 353 Å². The Morgan fingerprint density at radius 3 is 0.550 bits per heavy atom. The third kappa shape index (κ3) is 20.5. The van der Waals surface area contributed by atoms with Crippen LogP contribution in [0.25, 0.3) is 0 Å². The third-order valence-corrected chi connectivity index (χ3v) is 21.2. The Bertz CT molecular complexity index is 2780. The van der Waals surface area contributed by atoms with E-state index in [-0.39, 0.29) is 77.3 Å². The highest BCUT2D eigenvalue weighted by molar-refractivity contribution is 5.73. The molecule has 4 aromatic carbocycles. The van der Waals surface area contributed by atoms with Gasteiger partial charge >= 0.3 is 0 Å². The van der Waals surface area contributed by atoms with E-state index in [2.05, 4.69) is 75.6 Å². The van der Waals surface area contributed by atoms with Crippen molar-refractivity contribution in [3.05, 3.63) is 68.8 Å². The molecule has 12 heteroatoms. The Kier molecular flexibility index (Phi) is 33.0. The van der Waals surface area contributed by atoms with Crippen LogP contribution in [0, 0.1) is 49.4 Å². The monoisotopic (exact) mass is 1370 g/mol. The Morgan fingerprint density at radius 2 is 0.400 bits per heavy atom. The lowest BCUT2D eigenvalue weighted by Gasteiger charge is -2.37. The predicted molar refractivity (Wildman–Crippen MR) is 402 cm³/mol. The average Bonchev–Trinajstić information content (AvgIpc) is 0.725. The summed E-state index contributed by atoms with van der Waals surface area (Å²) >= 11 is 0. The predicted octanol–water partition coefficient (Wildman–Crippen LogP) is 23.2. The molecule has 4 heterocycles. The molecule has 0 N–H and O–H groups in total. The smallest absolute Gasteiger partial charge is 0.231 e. The zero-order valence-electron chi connectivity index (χ0n) is 61.8. The van der Waals surface area contributed by atoms with Gasteiger partial charge in [-0.05, 0) is 49.9 Å². The molecule has 544 valence electrons. The molecule has 100 heavy (non-hydrogen) atoms. The van der Waals surface area contributed by atoms with E-state index in [4.69, 9.17) is 82.5 Å². The SMILES string of the molecule is C#CCOc1c2c3cc4c1OCOc1c(cc5c(c1OCC#C)OCOc1c(cc6c(c1OCC#C)OCOc1c(cc(c(c1OCC#C)OCO2)C3CCCCCCCCCCC)C6CCCCCCCCCCC)C5CCCCCCCCCCC)C4CCCCCCCCCCC. The summed E-state index contributed by atoms with van der Waals surface area (Å²) < 4.78 is 84.1. The molecule has 4 aromatic rings. The number of rotatable bonds is 48. The van der Waals surface area contributed by atoms with Crippen LogP contribution in [0.15, 0.2) is 24.3 Å². The molecule has 0 saturated heterocycles. The Labute approximate surface area is 602 Å². The standard InChI is InChI=1S/C88H120O12/c1-9-17-21-25-29-33-37-41-45-49-65-69-57-71-66(50-46-42-38-34-30-26-22-18-10-2)73-59-75-68(52-48-44-40-36-32-28-24-20-12-4)76-60-74-67(51-47-43-39-35-31-27-23-19-11-3)72-58-70(65)78-86(90-54-14-6)80(72)96-63-98-82(74)88(92-56-16-8)84(76)100-64-99-83(75)87(91-55-15-7)81(73)97-62-95-79(71)85(89-53-13-5)77(69)93-61-94-78/h5-8,57-60,65-68H,9-12,17-56,61-64H2,1-4H3. The first kappa shape index (κ1) is 76.9. The molecule has 0 unspecified atom stereocenters. The Morgan fingerprint density at radius 1 is 0.250 bits per heavy atom. The Hall–Kier alpha value is -7.28. The summed E-state index contributed by atoms with van der Waals surface area (Å²) in [5.41, 5.74) is 7.52. The van der Waals surface area contributed by atoms with E-state index in [0.717, 1.165) is 147 Å². The van der Waals surface area contributed by atoms with Crippen LogP contribution < -0.4 is 56.8 Å². The van der Waals surface area contributed by atoms with Gasteiger partial charge in [-0.2, -0.15) is 0 Å². The van der Waals surface area contributed by atoms with E-state index in [1.54, 1.807) is 0 Å². The summed E-state index contributed by atoms with van der Waals surface area (Å²) in [4.78, 5) is 0. The molecule has 0 atom stereocenters. The normalized spacial score (nSPS) is 16.4. The minimum Gasteiger partial charge on any atom is -0.473 e. The molecule has 4 aliphatic heterocycles. The van der Waals surface area contributed by atoms with Gasteiger partial charge in [0.05, 0.1) is 0 Å². The fourth-order valence-corrected chi connectivity index (χ4v) is 16.0. The van der Waals surface area contributed by atoms with Crippen LogP contribution in [0.2, 0.25) is 0 Å². The minimum atomic E-state index is -0.350. The number of ether oxygens (including phenoxy) is 12. The second kappa shape index (κ2) is 42.9. The van der Waals surface area contributed by atoms with Gasteiger partial charge in [0.15, 0.2) is 46.0 Å². The van der Waals surface area contributed by atoms with Crippen LogP contribution in [-0.2, 0) is 0 Å². The Balaban J connectivity index is 1.36. The first-order chi connectivity index (χ1) is 49.5. The van der Waals surface area contributed by atoms with E-state index in [1.807, 2.05) is 0 Å². The highest BCUT2D eigenvalue weighted by Gasteiger charge is 2.43. The maximum atomic E-state index is 7.06. The van der Waals surface area contributed by atoms with Gasteiger partial charge < -0.3 is 56.8 Å². The molecule has 0 fully saturated rings. The number of benzene rings is 4. The van der Waals surface area contributed by atoms with Crippen molar-refractivity contribution in [2.75, 3.05) is 53.6 Å². The molecule has 9 rings (SSSR count). The summed E-state index contributed by atoms with van der Waals surface area (Å²) in [6, 6.07) is 9.44. The van der Waals surface area contributed by atoms with Crippen LogP contribution in [0.5, 0.6) is 69.0 Å². The van der Waals surface area contributed by atoms with Gasteiger partial charge in [0.25, 0.3) is 0 Å². The lowest BCUT2D eigenvalue weighted by Crippen LogP contribution is -2.24. The second-order valence-electron chi connectivity index (χ2n) is 28.4. The molecule has 8 bridgehead atoms. The number of unbranched alkanes of at least 4 members (excludes halogenated alkanes) is 32. The molecule has 1 aliphatic carbocycles. The van der Waals surface area contributed by atoms with E-state index in [0.29, 0.717) is 69.0 Å². The van der Waals surface area contributed by atoms with Crippen molar-refractivity contribution in [1.82, 2.24) is 0 Å². The second-order valence-corrected chi connectivity index (χ2v) is 28.4. The summed E-state index contributed by atoms with van der Waals surface area (Å²) in [6.45, 7) is 8.09. The van der Waals surface area contributed by atoms with E-state index >= 15 is 0 Å². The summed E-state index contributed by atoms with van der Waals surface area (Å²) in [6.07, 6.45) is 70.0. The average molecular weight is 1370 g/mol. The van der Waals surface area contributed by atoms with Crippen molar-refractivity contribution in [1.29, 1.82) is 0 Å². The fourth-order valence-electron chi connectivity index (χ4n) is 16.0. The van der Waals surface area contributed by atoms with E-state index < -0.39 is 0 Å². The molecule has 12 nitrogen and oxygen atoms in total. The number of terminal acetylenes is 4. The molecule has 5 aliphatic rings. The first-order valence-electron chi connectivity index (χ1n) is 39.6. The molecule has 0 spiro atoms. The summed E-state index contributed by atoms with van der Waals surface area (Å²) in [5, 5.41) is 0. The van der Waals surface area contributed by atoms with E-state index in [9.17, 15) is 0 Å². The minimum absolute atomic E-state index is 0.0408. The van der Waals surface area contributed by atoms with Crippen LogP contribution in [0.3, 0.4) is 0 Å². The number of hydrogen-bond donors (Lipinski definition) is 0. The highest BCUT2D eigenvalue weighted by atomic mass is 16.7. The quantitative estimate of drug-likeness (QED) is 0.0310. The topological polar surface area (TPSA) is 111 Å². The zero-order valence-corrected chi connectivity index (χ0v) is 61.8. The van der Waals surface area contributed by atoms with Gasteiger partial charge in [-0.1, -0.05) is 283 Å². The zero-order chi connectivity index (χ0) is 69.9. The van der Waals surface area contributed by atoms with Crippen molar-refractivity contribution in [3.63, 3.8) is 0 Å². The molecule has 0 radical (unpaired) electrons. The lowest BCUT2D eigenvalue weighted by atomic mass is 9.75. The largest absolute Gasteiger partial charge is 0.473 e. The van der Waals surface area contributed by atoms with Crippen LogP contribution in [0.4, 0.5) is 0 Å². The first-order valence-corrected chi connectivity index (χ1v) is 39.6. The van der Waals surface area contributed by atoms with Gasteiger partial charge in [0.2, 0.25) is 50.2 Å². The summed E-state index contributed by atoms with van der Waals surface area (Å²) in [5.74, 6) is 15.6. The fraction of sp³-hybridized carbons (Fsp3) is 0.636. The summed E-state index contributed by atoms with van der Waals surface area (Å²) in [7, 11) is 0. The molecule has 0 aromatic heterocycles. The van der Waals surface area contributed by atoms with E-state index in [1.165, 1.54) is 154 Å². The maximum Gasteiger partial charge on any atom is 0.231 e. The van der Waals surface area contributed by atoms with Crippen molar-refractivity contribution in [3.8, 4) is 118 Å². The lowest BCUT2D eigenvalue weighted by molar-refractivity contribution is 0.0844. The molecule has 0 saturated carbocycles. The van der Waals surface area contributed by atoms with Gasteiger partial charge in [-0.3, -0.25) is 0 Å². The molecular weight excluding hydrogens is 1250 g/mol. The van der Waals surface area contributed by atoms with Crippen LogP contribution >= 0.6 is 0 Å². The van der Waals surface area contributed by atoms with Crippen molar-refractivity contribution in [2.24, 2.45) is 0 Å². The van der Waals surface area contributed by atoms with Gasteiger partial charge in [-0.25, -0.2) is 0 Å². The van der Waals surface area contributed by atoms with Crippen LogP contribution in [-0.4, -0.2) is 53.6 Å². The molecular formula is C88H120O12. The third-order valence-electron chi connectivity index (χ3n) is 21.2. The maximum absolute atomic E-state index is 7.06. The molecule has 0 amide bonds. The van der Waals surface area contributed by atoms with Crippen molar-refractivity contribution in [2.45, 2.75) is 308 Å². The van der Waals surface area contributed by atoms with Gasteiger partial charge in [0.1, 0.15) is 26.4 Å². The van der Waals surface area contributed by atoms with Crippen molar-refractivity contribution < 1.29 is 56.8 Å². The number of hydrogen-bond acceptors (Lipinski definition) is 12. The van der Waals surface area contributed by atoms with Gasteiger partial charge in [-0.15, -0.1) is 25.7 Å². The van der Waals surface area contributed by atoms with Gasteiger partial charge in [0, 0.05) is 68.2 Å². The highest BCUT2D eigenvalue weighted by Crippen LogP contribution is 2.63.